The number of allylic oxidation sites excluding steroid dienone is 1. The van der Waals surface area contributed by atoms with Gasteiger partial charge in [0, 0.05) is 0 Å². The lowest BCUT2D eigenvalue weighted by atomic mass is 10.1. The SMILES string of the molecule is C/C(=C\CO[Si](C)(C)C(C)(C)C)c1ccccc1. The summed E-state index contributed by atoms with van der Waals surface area (Å²) in [4.78, 5) is 0. The van der Waals surface area contributed by atoms with Gasteiger partial charge in [0.15, 0.2) is 8.32 Å². The van der Waals surface area contributed by atoms with E-state index in [0.29, 0.717) is 0 Å². The molecule has 1 aromatic carbocycles. The average molecular weight is 262 g/mol. The van der Waals surface area contributed by atoms with Crippen LogP contribution < -0.4 is 0 Å². The molecule has 1 rings (SSSR count). The Labute approximate surface area is 113 Å². The number of hydrogen-bond acceptors (Lipinski definition) is 1. The monoisotopic (exact) mass is 262 g/mol. The van der Waals surface area contributed by atoms with Crippen LogP contribution in [0.3, 0.4) is 0 Å². The molecule has 1 nitrogen and oxygen atoms in total. The highest BCUT2D eigenvalue weighted by Gasteiger charge is 2.36. The van der Waals surface area contributed by atoms with Crippen molar-refractivity contribution in [2.45, 2.75) is 45.8 Å². The van der Waals surface area contributed by atoms with Crippen LogP contribution >= 0.6 is 0 Å². The van der Waals surface area contributed by atoms with Crippen LogP contribution in [0.5, 0.6) is 0 Å². The summed E-state index contributed by atoms with van der Waals surface area (Å²) in [7, 11) is -1.62. The standard InChI is InChI=1S/C16H26OSi/c1-14(15-10-8-7-9-11-15)12-13-17-18(5,6)16(2,3)4/h7-12H,13H2,1-6H3/b14-12+. The van der Waals surface area contributed by atoms with Gasteiger partial charge in [0.05, 0.1) is 6.61 Å². The first kappa shape index (κ1) is 15.2. The molecule has 0 heterocycles. The summed E-state index contributed by atoms with van der Waals surface area (Å²) in [6.45, 7) is 14.3. The molecule has 0 saturated carbocycles. The van der Waals surface area contributed by atoms with Gasteiger partial charge in [-0.25, -0.2) is 0 Å². The molecule has 0 amide bonds. The Morgan fingerprint density at radius 2 is 1.72 bits per heavy atom. The summed E-state index contributed by atoms with van der Waals surface area (Å²) in [6.07, 6.45) is 2.19. The van der Waals surface area contributed by atoms with E-state index >= 15 is 0 Å². The lowest BCUT2D eigenvalue weighted by molar-refractivity contribution is 0.328. The van der Waals surface area contributed by atoms with Crippen molar-refractivity contribution in [3.05, 3.63) is 42.0 Å². The van der Waals surface area contributed by atoms with Crippen molar-refractivity contribution >= 4 is 13.9 Å². The number of rotatable bonds is 4. The van der Waals surface area contributed by atoms with Gasteiger partial charge < -0.3 is 4.43 Å². The van der Waals surface area contributed by atoms with E-state index in [2.05, 4.69) is 71.1 Å². The van der Waals surface area contributed by atoms with Crippen molar-refractivity contribution in [2.75, 3.05) is 6.61 Å². The van der Waals surface area contributed by atoms with E-state index < -0.39 is 8.32 Å². The van der Waals surface area contributed by atoms with Gasteiger partial charge in [-0.05, 0) is 36.2 Å². The Morgan fingerprint density at radius 3 is 2.22 bits per heavy atom. The largest absolute Gasteiger partial charge is 0.413 e. The molecule has 0 N–H and O–H groups in total. The van der Waals surface area contributed by atoms with E-state index in [0.717, 1.165) is 6.61 Å². The van der Waals surface area contributed by atoms with Gasteiger partial charge in [-0.1, -0.05) is 57.2 Å². The van der Waals surface area contributed by atoms with Gasteiger partial charge in [0.25, 0.3) is 0 Å². The van der Waals surface area contributed by atoms with Gasteiger partial charge >= 0.3 is 0 Å². The minimum absolute atomic E-state index is 0.279. The zero-order valence-corrected chi connectivity index (χ0v) is 13.6. The maximum Gasteiger partial charge on any atom is 0.192 e. The fourth-order valence-corrected chi connectivity index (χ4v) is 2.34. The quantitative estimate of drug-likeness (QED) is 0.685. The third kappa shape index (κ3) is 4.11. The molecule has 0 radical (unpaired) electrons. The number of benzene rings is 1. The maximum atomic E-state index is 6.15. The van der Waals surface area contributed by atoms with Gasteiger partial charge in [-0.15, -0.1) is 0 Å². The van der Waals surface area contributed by atoms with E-state index in [1.54, 1.807) is 0 Å². The highest BCUT2D eigenvalue weighted by Crippen LogP contribution is 2.36. The van der Waals surface area contributed by atoms with Crippen molar-refractivity contribution in [3.8, 4) is 0 Å². The van der Waals surface area contributed by atoms with E-state index in [1.807, 2.05) is 6.07 Å². The average Bonchev–Trinajstić information content (AvgIpc) is 2.28. The second kappa shape index (κ2) is 5.85. The van der Waals surface area contributed by atoms with Crippen LogP contribution in [0.2, 0.25) is 18.1 Å². The van der Waals surface area contributed by atoms with E-state index in [-0.39, 0.29) is 5.04 Å². The van der Waals surface area contributed by atoms with Crippen molar-refractivity contribution in [1.29, 1.82) is 0 Å². The van der Waals surface area contributed by atoms with Crippen molar-refractivity contribution in [3.63, 3.8) is 0 Å². The van der Waals surface area contributed by atoms with Crippen LogP contribution in [0.25, 0.3) is 5.57 Å². The highest BCUT2D eigenvalue weighted by molar-refractivity contribution is 6.74. The number of hydrogen-bond donors (Lipinski definition) is 0. The first-order chi connectivity index (χ1) is 8.24. The topological polar surface area (TPSA) is 9.23 Å². The molecule has 0 fully saturated rings. The predicted octanol–water partition coefficient (Wildman–Crippen LogP) is 5.11. The summed E-state index contributed by atoms with van der Waals surface area (Å²) in [6, 6.07) is 10.5. The van der Waals surface area contributed by atoms with Crippen LogP contribution in [0.1, 0.15) is 33.3 Å². The van der Waals surface area contributed by atoms with E-state index in [4.69, 9.17) is 4.43 Å². The Balaban J connectivity index is 2.61. The molecule has 0 aliphatic rings. The minimum atomic E-state index is -1.62. The second-order valence-electron chi connectivity index (χ2n) is 6.32. The third-order valence-corrected chi connectivity index (χ3v) is 8.37. The molecule has 0 aliphatic carbocycles. The molecule has 0 spiro atoms. The van der Waals surface area contributed by atoms with Crippen LogP contribution in [0.15, 0.2) is 36.4 Å². The molecule has 18 heavy (non-hydrogen) atoms. The highest BCUT2D eigenvalue weighted by atomic mass is 28.4. The Hall–Kier alpha value is -0.863. The summed E-state index contributed by atoms with van der Waals surface area (Å²) in [5, 5.41) is 0.279. The van der Waals surface area contributed by atoms with Gasteiger partial charge in [0.1, 0.15) is 0 Å². The Kier molecular flexibility index (Phi) is 4.94. The lowest BCUT2D eigenvalue weighted by Gasteiger charge is -2.35. The molecular formula is C16H26OSi. The Morgan fingerprint density at radius 1 is 1.17 bits per heavy atom. The van der Waals surface area contributed by atoms with Gasteiger partial charge in [-0.3, -0.25) is 0 Å². The molecule has 0 saturated heterocycles. The lowest BCUT2D eigenvalue weighted by Crippen LogP contribution is -2.40. The first-order valence-corrected chi connectivity index (χ1v) is 9.51. The normalized spacial score (nSPS) is 13.8. The van der Waals surface area contributed by atoms with Gasteiger partial charge in [-0.2, -0.15) is 0 Å². The molecule has 0 aliphatic heterocycles. The maximum absolute atomic E-state index is 6.15. The first-order valence-electron chi connectivity index (χ1n) is 6.60. The molecule has 0 unspecified atom stereocenters. The molecule has 0 bridgehead atoms. The molecule has 0 aromatic heterocycles. The van der Waals surface area contributed by atoms with Crippen molar-refractivity contribution < 1.29 is 4.43 Å². The van der Waals surface area contributed by atoms with Crippen LogP contribution in [-0.2, 0) is 4.43 Å². The molecule has 2 heteroatoms. The Bertz CT molecular complexity index is 399. The predicted molar refractivity (Wildman–Crippen MR) is 83.2 cm³/mol. The molecular weight excluding hydrogens is 236 g/mol. The fraction of sp³-hybridized carbons (Fsp3) is 0.500. The fourth-order valence-electron chi connectivity index (χ4n) is 1.41. The van der Waals surface area contributed by atoms with E-state index in [1.165, 1.54) is 11.1 Å². The van der Waals surface area contributed by atoms with E-state index in [9.17, 15) is 0 Å². The summed E-state index contributed by atoms with van der Waals surface area (Å²) in [5.41, 5.74) is 2.56. The smallest absolute Gasteiger partial charge is 0.192 e. The van der Waals surface area contributed by atoms with Crippen molar-refractivity contribution in [1.82, 2.24) is 0 Å². The van der Waals surface area contributed by atoms with Gasteiger partial charge in [0.2, 0.25) is 0 Å². The zero-order chi connectivity index (χ0) is 13.8. The second-order valence-corrected chi connectivity index (χ2v) is 11.1. The van der Waals surface area contributed by atoms with Crippen LogP contribution in [-0.4, -0.2) is 14.9 Å². The zero-order valence-electron chi connectivity index (χ0n) is 12.6. The van der Waals surface area contributed by atoms with Crippen molar-refractivity contribution in [2.24, 2.45) is 0 Å². The molecule has 100 valence electrons. The van der Waals surface area contributed by atoms with Crippen LogP contribution in [0, 0.1) is 0 Å². The molecule has 1 aromatic rings. The third-order valence-electron chi connectivity index (χ3n) is 3.87. The summed E-state index contributed by atoms with van der Waals surface area (Å²) < 4.78 is 6.15. The molecule has 0 atom stereocenters. The summed E-state index contributed by atoms with van der Waals surface area (Å²) in [5.74, 6) is 0. The van der Waals surface area contributed by atoms with Crippen LogP contribution in [0.4, 0.5) is 0 Å². The summed E-state index contributed by atoms with van der Waals surface area (Å²) >= 11 is 0. The minimum Gasteiger partial charge on any atom is -0.413 e.